The highest BCUT2D eigenvalue weighted by Crippen LogP contribution is 2.20. The summed E-state index contributed by atoms with van der Waals surface area (Å²) in [6.45, 7) is 1.28. The van der Waals surface area contributed by atoms with Crippen molar-refractivity contribution in [3.63, 3.8) is 0 Å². The number of piperidine rings is 1. The van der Waals surface area contributed by atoms with Crippen molar-refractivity contribution in [3.8, 4) is 5.75 Å². The number of rotatable bonds is 8. The van der Waals surface area contributed by atoms with Gasteiger partial charge in [0, 0.05) is 26.7 Å². The van der Waals surface area contributed by atoms with Crippen LogP contribution in [-0.4, -0.2) is 58.3 Å². The quantitative estimate of drug-likeness (QED) is 0.738. The van der Waals surface area contributed by atoms with E-state index in [1.807, 2.05) is 24.3 Å². The molecular formula is C17H26N2O5S. The van der Waals surface area contributed by atoms with E-state index in [4.69, 9.17) is 9.47 Å². The zero-order valence-corrected chi connectivity index (χ0v) is 15.5. The fourth-order valence-corrected chi connectivity index (χ4v) is 4.25. The van der Waals surface area contributed by atoms with E-state index < -0.39 is 10.0 Å². The molecule has 25 heavy (non-hydrogen) atoms. The Labute approximate surface area is 149 Å². The molecule has 1 atom stereocenters. The lowest BCUT2D eigenvalue weighted by Gasteiger charge is -2.31. The van der Waals surface area contributed by atoms with Gasteiger partial charge in [0.05, 0.1) is 25.4 Å². The van der Waals surface area contributed by atoms with Gasteiger partial charge in [0.2, 0.25) is 15.9 Å². The fraction of sp³-hybridized carbons (Fsp3) is 0.588. The van der Waals surface area contributed by atoms with Crippen LogP contribution in [0, 0.1) is 5.92 Å². The summed E-state index contributed by atoms with van der Waals surface area (Å²) < 4.78 is 35.9. The summed E-state index contributed by atoms with van der Waals surface area (Å²) in [7, 11) is -0.295. The Kier molecular flexibility index (Phi) is 7.22. The van der Waals surface area contributed by atoms with E-state index in [9.17, 15) is 13.2 Å². The summed E-state index contributed by atoms with van der Waals surface area (Å²) in [5, 5.41) is 2.90. The molecule has 7 nitrogen and oxygen atoms in total. The van der Waals surface area contributed by atoms with Gasteiger partial charge in [0.1, 0.15) is 5.75 Å². The normalized spacial score (nSPS) is 18.7. The standard InChI is InChI=1S/C17H26N2O5S/c1-23-10-11-25(21,22)19-9-3-4-15(13-19)17(20)18-12-14-5-7-16(24-2)8-6-14/h5-8,15H,3-4,9-13H2,1-2H3,(H,18,20). The van der Waals surface area contributed by atoms with Gasteiger partial charge in [-0.3, -0.25) is 4.79 Å². The minimum atomic E-state index is -3.37. The largest absolute Gasteiger partial charge is 0.497 e. The maximum atomic E-state index is 12.4. The highest BCUT2D eigenvalue weighted by atomic mass is 32.2. The molecule has 8 heteroatoms. The van der Waals surface area contributed by atoms with Crippen LogP contribution >= 0.6 is 0 Å². The fourth-order valence-electron chi connectivity index (χ4n) is 2.80. The van der Waals surface area contributed by atoms with Crippen LogP contribution in [0.4, 0.5) is 0 Å². The van der Waals surface area contributed by atoms with E-state index in [0.717, 1.165) is 11.3 Å². The summed E-state index contributed by atoms with van der Waals surface area (Å²) in [5.74, 6) is 0.287. The van der Waals surface area contributed by atoms with Crippen molar-refractivity contribution in [2.24, 2.45) is 5.92 Å². The van der Waals surface area contributed by atoms with E-state index in [0.29, 0.717) is 25.9 Å². The van der Waals surface area contributed by atoms with Crippen molar-refractivity contribution < 1.29 is 22.7 Å². The number of nitrogens with zero attached hydrogens (tertiary/aromatic N) is 1. The third-order valence-electron chi connectivity index (χ3n) is 4.32. The number of carbonyl (C=O) groups excluding carboxylic acids is 1. The highest BCUT2D eigenvalue weighted by molar-refractivity contribution is 7.89. The summed E-state index contributed by atoms with van der Waals surface area (Å²) in [4.78, 5) is 12.4. The Hall–Kier alpha value is -1.64. The van der Waals surface area contributed by atoms with Crippen molar-refractivity contribution in [2.45, 2.75) is 19.4 Å². The molecule has 2 rings (SSSR count). The van der Waals surface area contributed by atoms with Gasteiger partial charge in [-0.15, -0.1) is 0 Å². The molecule has 140 valence electrons. The van der Waals surface area contributed by atoms with E-state index in [1.54, 1.807) is 7.11 Å². The number of hydrogen-bond donors (Lipinski definition) is 1. The van der Waals surface area contributed by atoms with Crippen LogP contribution in [0.25, 0.3) is 0 Å². The van der Waals surface area contributed by atoms with Crippen LogP contribution < -0.4 is 10.1 Å². The Morgan fingerprint density at radius 1 is 1.28 bits per heavy atom. The molecule has 1 saturated heterocycles. The van der Waals surface area contributed by atoms with Gasteiger partial charge < -0.3 is 14.8 Å². The van der Waals surface area contributed by atoms with E-state index in [2.05, 4.69) is 5.32 Å². The Bertz CT molecular complexity index is 660. The number of sulfonamides is 1. The van der Waals surface area contributed by atoms with E-state index in [-0.39, 0.29) is 30.7 Å². The lowest BCUT2D eigenvalue weighted by molar-refractivity contribution is -0.126. The van der Waals surface area contributed by atoms with Gasteiger partial charge in [-0.2, -0.15) is 0 Å². The molecule has 0 spiro atoms. The predicted molar refractivity (Wildman–Crippen MR) is 94.8 cm³/mol. The molecule has 0 saturated carbocycles. The van der Waals surface area contributed by atoms with E-state index >= 15 is 0 Å². The summed E-state index contributed by atoms with van der Waals surface area (Å²) >= 11 is 0. The van der Waals surface area contributed by atoms with Gasteiger partial charge in [-0.1, -0.05) is 12.1 Å². The second-order valence-electron chi connectivity index (χ2n) is 6.07. The topological polar surface area (TPSA) is 84.9 Å². The van der Waals surface area contributed by atoms with Crippen LogP contribution in [0.3, 0.4) is 0 Å². The van der Waals surface area contributed by atoms with Crippen LogP contribution in [0.15, 0.2) is 24.3 Å². The van der Waals surface area contributed by atoms with Crippen molar-refractivity contribution in [1.82, 2.24) is 9.62 Å². The highest BCUT2D eigenvalue weighted by Gasteiger charge is 2.31. The zero-order chi connectivity index (χ0) is 18.3. The molecule has 1 amide bonds. The number of benzene rings is 1. The monoisotopic (exact) mass is 370 g/mol. The Balaban J connectivity index is 1.88. The number of hydrogen-bond acceptors (Lipinski definition) is 5. The first-order valence-corrected chi connectivity index (χ1v) is 9.94. The molecule has 1 aliphatic rings. The van der Waals surface area contributed by atoms with Crippen LogP contribution in [0.1, 0.15) is 18.4 Å². The number of carbonyl (C=O) groups is 1. The molecule has 1 aromatic carbocycles. The minimum absolute atomic E-state index is 0.0519. The first-order chi connectivity index (χ1) is 12.0. The van der Waals surface area contributed by atoms with Gasteiger partial charge in [0.15, 0.2) is 0 Å². The molecule has 0 aliphatic carbocycles. The number of amides is 1. The number of methoxy groups -OCH3 is 2. The van der Waals surface area contributed by atoms with Gasteiger partial charge >= 0.3 is 0 Å². The minimum Gasteiger partial charge on any atom is -0.497 e. The second-order valence-corrected chi connectivity index (χ2v) is 8.16. The summed E-state index contributed by atoms with van der Waals surface area (Å²) in [6, 6.07) is 7.46. The van der Waals surface area contributed by atoms with Crippen molar-refractivity contribution in [3.05, 3.63) is 29.8 Å². The molecule has 1 aliphatic heterocycles. The first-order valence-electron chi connectivity index (χ1n) is 8.33. The lowest BCUT2D eigenvalue weighted by Crippen LogP contribution is -2.46. The average Bonchev–Trinajstić information content (AvgIpc) is 2.65. The first kappa shape index (κ1) is 19.7. The Morgan fingerprint density at radius 3 is 2.64 bits per heavy atom. The third kappa shape index (κ3) is 5.69. The summed E-state index contributed by atoms with van der Waals surface area (Å²) in [5.41, 5.74) is 0.967. The van der Waals surface area contributed by atoms with Crippen molar-refractivity contribution >= 4 is 15.9 Å². The van der Waals surface area contributed by atoms with Crippen LogP contribution in [-0.2, 0) is 26.1 Å². The summed E-state index contributed by atoms with van der Waals surface area (Å²) in [6.07, 6.45) is 1.39. The zero-order valence-electron chi connectivity index (χ0n) is 14.7. The molecular weight excluding hydrogens is 344 g/mol. The van der Waals surface area contributed by atoms with Gasteiger partial charge in [-0.25, -0.2) is 12.7 Å². The molecule has 1 unspecified atom stereocenters. The number of ether oxygens (including phenoxy) is 2. The number of nitrogens with one attached hydrogen (secondary N) is 1. The molecule has 1 heterocycles. The van der Waals surface area contributed by atoms with Gasteiger partial charge in [-0.05, 0) is 30.5 Å². The SMILES string of the molecule is COCCS(=O)(=O)N1CCCC(C(=O)NCc2ccc(OC)cc2)C1. The average molecular weight is 370 g/mol. The van der Waals surface area contributed by atoms with Crippen LogP contribution in [0.5, 0.6) is 5.75 Å². The second kappa shape index (κ2) is 9.17. The van der Waals surface area contributed by atoms with Crippen molar-refractivity contribution in [2.75, 3.05) is 39.7 Å². The van der Waals surface area contributed by atoms with Gasteiger partial charge in [0.25, 0.3) is 0 Å². The molecule has 1 aromatic rings. The predicted octanol–water partition coefficient (Wildman–Crippen LogP) is 1.000. The van der Waals surface area contributed by atoms with Crippen molar-refractivity contribution in [1.29, 1.82) is 0 Å². The molecule has 0 aromatic heterocycles. The lowest BCUT2D eigenvalue weighted by atomic mass is 9.99. The maximum absolute atomic E-state index is 12.4. The smallest absolute Gasteiger partial charge is 0.224 e. The maximum Gasteiger partial charge on any atom is 0.224 e. The van der Waals surface area contributed by atoms with Crippen LogP contribution in [0.2, 0.25) is 0 Å². The molecule has 0 radical (unpaired) electrons. The Morgan fingerprint density at radius 2 is 2.00 bits per heavy atom. The molecule has 1 fully saturated rings. The van der Waals surface area contributed by atoms with E-state index in [1.165, 1.54) is 11.4 Å². The third-order valence-corrected chi connectivity index (χ3v) is 6.12. The molecule has 1 N–H and O–H groups in total. The molecule has 0 bridgehead atoms.